The summed E-state index contributed by atoms with van der Waals surface area (Å²) in [6, 6.07) is 9.38. The van der Waals surface area contributed by atoms with E-state index in [9.17, 15) is 13.6 Å². The normalized spacial score (nSPS) is 17.4. The first kappa shape index (κ1) is 29.0. The number of methoxy groups -OCH3 is 1. The van der Waals surface area contributed by atoms with E-state index in [0.29, 0.717) is 18.2 Å². The van der Waals surface area contributed by atoms with Crippen molar-refractivity contribution in [2.45, 2.75) is 37.8 Å². The van der Waals surface area contributed by atoms with E-state index >= 15 is 8.78 Å². The lowest BCUT2D eigenvalue weighted by molar-refractivity contribution is -0.127. The minimum atomic E-state index is -3.09. The van der Waals surface area contributed by atoms with Gasteiger partial charge in [0.15, 0.2) is 17.4 Å². The second-order valence-corrected chi connectivity index (χ2v) is 9.97. The molecular formula is C29H28F4N6O3. The average Bonchev–Trinajstić information content (AvgIpc) is 3.42. The van der Waals surface area contributed by atoms with E-state index in [-0.39, 0.29) is 30.4 Å². The van der Waals surface area contributed by atoms with Gasteiger partial charge in [0, 0.05) is 12.3 Å². The van der Waals surface area contributed by atoms with E-state index in [1.165, 1.54) is 17.3 Å². The number of anilines is 1. The molecule has 0 bridgehead atoms. The SMILES string of the molecule is COc1ccc(Cn2cc(C3CCN(C(C)C(=O)Nc4cnc(Oc5ccc(F)cc5F)cn4)CC3(F)F)cn2)cc1. The molecule has 1 aliphatic heterocycles. The van der Waals surface area contributed by atoms with Crippen LogP contribution in [0.25, 0.3) is 0 Å². The van der Waals surface area contributed by atoms with Gasteiger partial charge in [-0.1, -0.05) is 12.1 Å². The summed E-state index contributed by atoms with van der Waals surface area (Å²) < 4.78 is 69.6. The minimum absolute atomic E-state index is 0.0599. The predicted octanol–water partition coefficient (Wildman–Crippen LogP) is 5.25. The molecule has 1 fully saturated rings. The molecule has 1 saturated heterocycles. The van der Waals surface area contributed by atoms with E-state index in [0.717, 1.165) is 29.6 Å². The molecule has 1 amide bonds. The van der Waals surface area contributed by atoms with Gasteiger partial charge in [0.25, 0.3) is 5.92 Å². The van der Waals surface area contributed by atoms with Crippen molar-refractivity contribution in [3.05, 3.63) is 90.0 Å². The lowest BCUT2D eigenvalue weighted by Crippen LogP contribution is -2.53. The molecule has 13 heteroatoms. The summed E-state index contributed by atoms with van der Waals surface area (Å²) in [5.74, 6) is -5.86. The number of piperidine rings is 1. The summed E-state index contributed by atoms with van der Waals surface area (Å²) in [5.41, 5.74) is 1.41. The van der Waals surface area contributed by atoms with E-state index < -0.39 is 42.0 Å². The molecule has 5 rings (SSSR count). The third-order valence-corrected chi connectivity index (χ3v) is 7.10. The van der Waals surface area contributed by atoms with Gasteiger partial charge in [-0.15, -0.1) is 0 Å². The summed E-state index contributed by atoms with van der Waals surface area (Å²) in [5, 5.41) is 6.83. The zero-order chi connectivity index (χ0) is 29.9. The Hall–Kier alpha value is -4.52. The molecule has 4 aromatic rings. The van der Waals surface area contributed by atoms with Crippen LogP contribution in [0.1, 0.15) is 30.4 Å². The number of rotatable bonds is 9. The molecular weight excluding hydrogens is 556 g/mol. The van der Waals surface area contributed by atoms with Gasteiger partial charge in [-0.05, 0) is 55.3 Å². The summed E-state index contributed by atoms with van der Waals surface area (Å²) >= 11 is 0. The maximum atomic E-state index is 15.3. The van der Waals surface area contributed by atoms with Gasteiger partial charge in [0.05, 0.1) is 50.7 Å². The molecule has 0 spiro atoms. The summed E-state index contributed by atoms with van der Waals surface area (Å²) in [6.45, 7) is 1.66. The third-order valence-electron chi connectivity index (χ3n) is 7.10. The standard InChI is InChI=1S/C29H28F4N6O3/c1-18(28(40)37-26-13-35-27(14-34-26)42-25-8-5-21(30)11-24(25)31)38-10-9-23(29(32,33)17-38)20-12-36-39(16-20)15-19-3-6-22(41-2)7-4-19/h3-8,11-14,16,18,23H,9-10,15,17H2,1-2H3,(H,34,37,40). The fourth-order valence-corrected chi connectivity index (χ4v) is 4.77. The number of ether oxygens (including phenoxy) is 2. The first-order valence-electron chi connectivity index (χ1n) is 13.1. The van der Waals surface area contributed by atoms with Crippen LogP contribution in [0.3, 0.4) is 0 Å². The molecule has 1 N–H and O–H groups in total. The number of halogens is 4. The van der Waals surface area contributed by atoms with Crippen LogP contribution >= 0.6 is 0 Å². The van der Waals surface area contributed by atoms with Gasteiger partial charge in [-0.2, -0.15) is 5.10 Å². The zero-order valence-electron chi connectivity index (χ0n) is 22.8. The topological polar surface area (TPSA) is 94.4 Å². The Morgan fingerprint density at radius 1 is 1.12 bits per heavy atom. The molecule has 9 nitrogen and oxygen atoms in total. The smallest absolute Gasteiger partial charge is 0.267 e. The first-order chi connectivity index (χ1) is 20.1. The Morgan fingerprint density at radius 3 is 2.57 bits per heavy atom. The highest BCUT2D eigenvalue weighted by Gasteiger charge is 2.47. The number of amides is 1. The highest BCUT2D eigenvalue weighted by atomic mass is 19.3. The van der Waals surface area contributed by atoms with Crippen molar-refractivity contribution in [2.75, 3.05) is 25.5 Å². The first-order valence-corrected chi connectivity index (χ1v) is 13.1. The molecule has 220 valence electrons. The number of likely N-dealkylation sites (tertiary alicyclic amines) is 1. The van der Waals surface area contributed by atoms with Gasteiger partial charge in [0.2, 0.25) is 11.8 Å². The highest BCUT2D eigenvalue weighted by molar-refractivity contribution is 5.93. The molecule has 2 atom stereocenters. The average molecular weight is 585 g/mol. The maximum Gasteiger partial charge on any atom is 0.267 e. The Balaban J connectivity index is 1.16. The Bertz CT molecular complexity index is 1530. The van der Waals surface area contributed by atoms with Gasteiger partial charge in [-0.25, -0.2) is 27.5 Å². The number of nitrogens with one attached hydrogen (secondary N) is 1. The van der Waals surface area contributed by atoms with Gasteiger partial charge in [-0.3, -0.25) is 14.4 Å². The molecule has 2 aromatic heterocycles. The number of benzene rings is 2. The number of carbonyl (C=O) groups is 1. The molecule has 3 heterocycles. The maximum absolute atomic E-state index is 15.3. The molecule has 42 heavy (non-hydrogen) atoms. The number of hydrogen-bond acceptors (Lipinski definition) is 7. The highest BCUT2D eigenvalue weighted by Crippen LogP contribution is 2.40. The molecule has 0 aliphatic carbocycles. The van der Waals surface area contributed by atoms with Gasteiger partial charge in [0.1, 0.15) is 11.6 Å². The van der Waals surface area contributed by atoms with Gasteiger partial charge >= 0.3 is 0 Å². The van der Waals surface area contributed by atoms with Crippen molar-refractivity contribution in [3.8, 4) is 17.4 Å². The van der Waals surface area contributed by atoms with E-state index in [2.05, 4.69) is 20.4 Å². The van der Waals surface area contributed by atoms with Crippen molar-refractivity contribution in [1.29, 1.82) is 0 Å². The van der Waals surface area contributed by atoms with Crippen molar-refractivity contribution in [2.24, 2.45) is 0 Å². The fraction of sp³-hybridized carbons (Fsp3) is 0.310. The van der Waals surface area contributed by atoms with E-state index in [1.807, 2.05) is 24.3 Å². The largest absolute Gasteiger partial charge is 0.497 e. The van der Waals surface area contributed by atoms with Crippen molar-refractivity contribution < 1.29 is 31.8 Å². The molecule has 2 unspecified atom stereocenters. The summed E-state index contributed by atoms with van der Waals surface area (Å²) in [4.78, 5) is 22.2. The van der Waals surface area contributed by atoms with Crippen LogP contribution in [0, 0.1) is 11.6 Å². The van der Waals surface area contributed by atoms with Crippen LogP contribution in [-0.2, 0) is 11.3 Å². The van der Waals surface area contributed by atoms with Crippen molar-refractivity contribution in [1.82, 2.24) is 24.6 Å². The lowest BCUT2D eigenvalue weighted by Gasteiger charge is -2.40. The molecule has 1 aliphatic rings. The van der Waals surface area contributed by atoms with Gasteiger partial charge < -0.3 is 14.8 Å². The monoisotopic (exact) mass is 584 g/mol. The quantitative estimate of drug-likeness (QED) is 0.269. The fourth-order valence-electron chi connectivity index (χ4n) is 4.77. The Morgan fingerprint density at radius 2 is 1.90 bits per heavy atom. The number of alkyl halides is 2. The van der Waals surface area contributed by atoms with Crippen LogP contribution < -0.4 is 14.8 Å². The number of nitrogens with zero attached hydrogens (tertiary/aromatic N) is 5. The van der Waals surface area contributed by atoms with Crippen molar-refractivity contribution >= 4 is 11.7 Å². The minimum Gasteiger partial charge on any atom is -0.497 e. The second kappa shape index (κ2) is 12.1. The number of hydrogen-bond donors (Lipinski definition) is 1. The van der Waals surface area contributed by atoms with Crippen LogP contribution in [0.15, 0.2) is 67.3 Å². The molecule has 0 radical (unpaired) electrons. The van der Waals surface area contributed by atoms with E-state index in [1.54, 1.807) is 24.9 Å². The van der Waals surface area contributed by atoms with Crippen molar-refractivity contribution in [3.63, 3.8) is 0 Å². The second-order valence-electron chi connectivity index (χ2n) is 9.97. The Labute approximate surface area is 239 Å². The Kier molecular flexibility index (Phi) is 8.39. The number of aromatic nitrogens is 4. The lowest BCUT2D eigenvalue weighted by atomic mass is 9.87. The van der Waals surface area contributed by atoms with Crippen LogP contribution in [-0.4, -0.2) is 62.7 Å². The number of carbonyl (C=O) groups excluding carboxylic acids is 1. The zero-order valence-corrected chi connectivity index (χ0v) is 22.8. The molecule has 2 aromatic carbocycles. The van der Waals surface area contributed by atoms with Crippen LogP contribution in [0.5, 0.6) is 17.4 Å². The summed E-state index contributed by atoms with van der Waals surface area (Å²) in [7, 11) is 1.58. The molecule has 0 saturated carbocycles. The van der Waals surface area contributed by atoms with E-state index in [4.69, 9.17) is 9.47 Å². The van der Waals surface area contributed by atoms with Crippen LogP contribution in [0.2, 0.25) is 0 Å². The third kappa shape index (κ3) is 6.68. The summed E-state index contributed by atoms with van der Waals surface area (Å²) in [6.07, 6.45) is 5.60. The predicted molar refractivity (Wildman–Crippen MR) is 145 cm³/mol. The van der Waals surface area contributed by atoms with Crippen LogP contribution in [0.4, 0.5) is 23.4 Å².